The van der Waals surface area contributed by atoms with Gasteiger partial charge in [0.05, 0.1) is 62.0 Å². The van der Waals surface area contributed by atoms with Gasteiger partial charge >= 0.3 is 0 Å². The summed E-state index contributed by atoms with van der Waals surface area (Å²) in [4.78, 5) is 30.3. The van der Waals surface area contributed by atoms with Gasteiger partial charge in [0.15, 0.2) is 23.0 Å². The number of carbonyl (C=O) groups excluding carboxylic acids is 2. The van der Waals surface area contributed by atoms with E-state index < -0.39 is 0 Å². The molecule has 0 bridgehead atoms. The summed E-state index contributed by atoms with van der Waals surface area (Å²) in [5.74, 6) is 1.89. The molecule has 43 heavy (non-hydrogen) atoms. The Kier molecular flexibility index (Phi) is 7.83. The van der Waals surface area contributed by atoms with Gasteiger partial charge in [-0.2, -0.15) is 0 Å². The fourth-order valence-electron chi connectivity index (χ4n) is 6.33. The predicted molar refractivity (Wildman–Crippen MR) is 162 cm³/mol. The highest BCUT2D eigenvalue weighted by Crippen LogP contribution is 2.40. The zero-order chi connectivity index (χ0) is 30.2. The molecule has 2 aromatic carbocycles. The first-order chi connectivity index (χ1) is 20.8. The molecule has 228 valence electrons. The molecule has 3 atom stereocenters. The van der Waals surface area contributed by atoms with E-state index in [4.69, 9.17) is 23.7 Å². The lowest BCUT2D eigenvalue weighted by Crippen LogP contribution is -2.44. The van der Waals surface area contributed by atoms with Crippen molar-refractivity contribution in [3.8, 4) is 23.0 Å². The van der Waals surface area contributed by atoms with Gasteiger partial charge in [0.25, 0.3) is 11.8 Å². The third kappa shape index (κ3) is 5.33. The Hall–Kier alpha value is -4.38. The maximum absolute atomic E-state index is 13.4. The molecule has 11 nitrogen and oxygen atoms in total. The SMILES string of the molecule is C=C1CC2CNc3cc(OCCCOc4cc5c(cc4OC)C(=O)N4CC(=C)CC4C(OC)N5)c(OC)cc3C(=O)N2C1. The number of carbonyl (C=O) groups is 2. The smallest absolute Gasteiger partial charge is 0.256 e. The van der Waals surface area contributed by atoms with Crippen molar-refractivity contribution in [3.63, 3.8) is 0 Å². The van der Waals surface area contributed by atoms with Gasteiger partial charge in [-0.3, -0.25) is 9.59 Å². The number of anilines is 2. The Morgan fingerprint density at radius 1 is 0.791 bits per heavy atom. The average Bonchev–Trinajstić information content (AvgIpc) is 3.53. The van der Waals surface area contributed by atoms with Crippen LogP contribution < -0.4 is 29.6 Å². The molecule has 0 radical (unpaired) electrons. The van der Waals surface area contributed by atoms with Crippen molar-refractivity contribution >= 4 is 23.2 Å². The second-order valence-corrected chi connectivity index (χ2v) is 11.3. The maximum Gasteiger partial charge on any atom is 0.256 e. The summed E-state index contributed by atoms with van der Waals surface area (Å²) >= 11 is 0. The summed E-state index contributed by atoms with van der Waals surface area (Å²) in [6.45, 7) is 10.6. The van der Waals surface area contributed by atoms with Crippen LogP contribution in [0.5, 0.6) is 23.0 Å². The largest absolute Gasteiger partial charge is 0.493 e. The van der Waals surface area contributed by atoms with Gasteiger partial charge < -0.3 is 44.1 Å². The third-order valence-corrected chi connectivity index (χ3v) is 8.47. The second kappa shape index (κ2) is 11.7. The molecule has 4 heterocycles. The van der Waals surface area contributed by atoms with E-state index in [-0.39, 0.29) is 30.1 Å². The van der Waals surface area contributed by atoms with E-state index >= 15 is 0 Å². The minimum Gasteiger partial charge on any atom is -0.493 e. The van der Waals surface area contributed by atoms with Crippen molar-refractivity contribution in [2.45, 2.75) is 37.6 Å². The molecule has 2 N–H and O–H groups in total. The van der Waals surface area contributed by atoms with Gasteiger partial charge in [-0.15, -0.1) is 0 Å². The zero-order valence-corrected chi connectivity index (χ0v) is 24.9. The number of benzene rings is 2. The Morgan fingerprint density at radius 3 is 2.02 bits per heavy atom. The van der Waals surface area contributed by atoms with Crippen LogP contribution in [-0.4, -0.2) is 94.1 Å². The van der Waals surface area contributed by atoms with Crippen LogP contribution in [0.2, 0.25) is 0 Å². The van der Waals surface area contributed by atoms with E-state index in [2.05, 4.69) is 23.8 Å². The molecule has 0 spiro atoms. The second-order valence-electron chi connectivity index (χ2n) is 11.3. The molecule has 2 fully saturated rings. The van der Waals surface area contributed by atoms with Crippen molar-refractivity contribution in [1.29, 1.82) is 0 Å². The van der Waals surface area contributed by atoms with Crippen LogP contribution >= 0.6 is 0 Å². The molecule has 4 aliphatic rings. The maximum atomic E-state index is 13.4. The van der Waals surface area contributed by atoms with Crippen LogP contribution in [-0.2, 0) is 4.74 Å². The first-order valence-electron chi connectivity index (χ1n) is 14.5. The molecule has 3 unspecified atom stereocenters. The van der Waals surface area contributed by atoms with E-state index in [1.165, 1.54) is 0 Å². The lowest BCUT2D eigenvalue weighted by atomic mass is 10.1. The van der Waals surface area contributed by atoms with Gasteiger partial charge in [-0.05, 0) is 25.0 Å². The summed E-state index contributed by atoms with van der Waals surface area (Å²) in [5, 5.41) is 6.78. The monoisotopic (exact) mass is 590 g/mol. The minimum atomic E-state index is -0.379. The number of fused-ring (bicyclic) bond motifs is 4. The number of hydrogen-bond acceptors (Lipinski definition) is 9. The summed E-state index contributed by atoms with van der Waals surface area (Å²) < 4.78 is 29.0. The van der Waals surface area contributed by atoms with Gasteiger partial charge in [-0.25, -0.2) is 0 Å². The van der Waals surface area contributed by atoms with Crippen LogP contribution in [0.25, 0.3) is 0 Å². The molecule has 6 rings (SSSR count). The van der Waals surface area contributed by atoms with Crippen LogP contribution in [0.4, 0.5) is 11.4 Å². The van der Waals surface area contributed by atoms with Crippen LogP contribution in [0, 0.1) is 0 Å². The van der Waals surface area contributed by atoms with Crippen molar-refractivity contribution < 1.29 is 33.3 Å². The summed E-state index contributed by atoms with van der Waals surface area (Å²) in [6, 6.07) is 7.02. The normalized spacial score (nSPS) is 22.4. The summed E-state index contributed by atoms with van der Waals surface area (Å²) in [5.41, 5.74) is 4.49. The van der Waals surface area contributed by atoms with Crippen molar-refractivity contribution in [2.75, 3.05) is 64.8 Å². The number of nitrogens with zero attached hydrogens (tertiary/aromatic N) is 2. The van der Waals surface area contributed by atoms with Gasteiger partial charge in [0, 0.05) is 45.3 Å². The summed E-state index contributed by atoms with van der Waals surface area (Å²) in [6.07, 6.45) is 1.67. The van der Waals surface area contributed by atoms with Crippen LogP contribution in [0.3, 0.4) is 0 Å². The Labute approximate surface area is 251 Å². The van der Waals surface area contributed by atoms with E-state index in [0.29, 0.717) is 85.5 Å². The lowest BCUT2D eigenvalue weighted by molar-refractivity contribution is 0.0420. The Morgan fingerprint density at radius 2 is 1.37 bits per heavy atom. The zero-order valence-electron chi connectivity index (χ0n) is 24.9. The third-order valence-electron chi connectivity index (χ3n) is 8.47. The van der Waals surface area contributed by atoms with E-state index in [0.717, 1.165) is 23.3 Å². The summed E-state index contributed by atoms with van der Waals surface area (Å²) in [7, 11) is 4.74. The van der Waals surface area contributed by atoms with E-state index in [9.17, 15) is 9.59 Å². The van der Waals surface area contributed by atoms with Crippen LogP contribution in [0.15, 0.2) is 48.6 Å². The Balaban J connectivity index is 1.11. The molecule has 0 aromatic heterocycles. The topological polar surface area (TPSA) is 111 Å². The van der Waals surface area contributed by atoms with Gasteiger partial charge in [0.1, 0.15) is 6.23 Å². The first-order valence-corrected chi connectivity index (χ1v) is 14.5. The first kappa shape index (κ1) is 28.7. The molecule has 11 heteroatoms. The number of hydrogen-bond donors (Lipinski definition) is 2. The molecule has 2 saturated heterocycles. The van der Waals surface area contributed by atoms with Crippen molar-refractivity contribution in [2.24, 2.45) is 0 Å². The van der Waals surface area contributed by atoms with Crippen molar-refractivity contribution in [3.05, 3.63) is 59.7 Å². The number of ether oxygens (including phenoxy) is 5. The highest BCUT2D eigenvalue weighted by Gasteiger charge is 2.41. The number of methoxy groups -OCH3 is 3. The average molecular weight is 591 g/mol. The number of nitrogens with one attached hydrogen (secondary N) is 2. The van der Waals surface area contributed by atoms with Crippen molar-refractivity contribution in [1.82, 2.24) is 9.80 Å². The molecule has 2 aromatic rings. The Bertz CT molecular complexity index is 1470. The van der Waals surface area contributed by atoms with Gasteiger partial charge in [0.2, 0.25) is 0 Å². The molecule has 4 aliphatic heterocycles. The highest BCUT2D eigenvalue weighted by atomic mass is 16.5. The standard InChI is InChI=1S/C32H38N4O7/c1-18-9-20-15-33-23-13-28(26(39-3)11-21(23)31(37)35(20)16-18)42-7-6-8-43-29-14-24-22(12-27(29)40-4)32(38)36-17-19(2)10-25(36)30(34-24)41-5/h11-14,20,25,30,33-34H,1-2,6-10,15-17H2,3-5H3. The predicted octanol–water partition coefficient (Wildman–Crippen LogP) is 3.92. The molecule has 0 aliphatic carbocycles. The number of amides is 2. The van der Waals surface area contributed by atoms with E-state index in [1.807, 2.05) is 11.0 Å². The van der Waals surface area contributed by atoms with Crippen LogP contribution in [0.1, 0.15) is 40.0 Å². The number of rotatable bonds is 9. The fraction of sp³-hybridized carbons (Fsp3) is 0.438. The molecule has 0 saturated carbocycles. The van der Waals surface area contributed by atoms with E-state index in [1.54, 1.807) is 44.4 Å². The fourth-order valence-corrected chi connectivity index (χ4v) is 6.33. The highest BCUT2D eigenvalue weighted by molar-refractivity contribution is 6.02. The lowest BCUT2D eigenvalue weighted by Gasteiger charge is -2.27. The molecular formula is C32H38N4O7. The minimum absolute atomic E-state index is 0.0320. The molecular weight excluding hydrogens is 552 g/mol. The molecule has 2 amide bonds. The van der Waals surface area contributed by atoms with Gasteiger partial charge in [-0.1, -0.05) is 24.3 Å². The quantitative estimate of drug-likeness (QED) is 0.332.